The van der Waals surface area contributed by atoms with Crippen molar-refractivity contribution in [1.29, 1.82) is 0 Å². The predicted molar refractivity (Wildman–Crippen MR) is 69.3 cm³/mol. The molecule has 1 aromatic rings. The minimum atomic E-state index is 0.198. The summed E-state index contributed by atoms with van der Waals surface area (Å²) in [6.07, 6.45) is 6.15. The maximum Gasteiger partial charge on any atom is 0.120 e. The standard InChI is InChI=1S/C15H22O2/c1-12-5-2-3-8-15(12)17-14-7-4-6-13(11-14)9-10-16/h4,6-7,11-12,15-16H,2-3,5,8-10H2,1H3. The molecule has 0 amide bonds. The smallest absolute Gasteiger partial charge is 0.120 e. The highest BCUT2D eigenvalue weighted by atomic mass is 16.5. The van der Waals surface area contributed by atoms with Gasteiger partial charge in [0.2, 0.25) is 0 Å². The van der Waals surface area contributed by atoms with Crippen molar-refractivity contribution in [3.8, 4) is 5.75 Å². The van der Waals surface area contributed by atoms with Crippen LogP contribution in [0.4, 0.5) is 0 Å². The lowest BCUT2D eigenvalue weighted by molar-refractivity contribution is 0.102. The summed E-state index contributed by atoms with van der Waals surface area (Å²) >= 11 is 0. The molecule has 0 radical (unpaired) electrons. The molecule has 0 heterocycles. The van der Waals surface area contributed by atoms with Gasteiger partial charge in [0.25, 0.3) is 0 Å². The number of aliphatic hydroxyl groups is 1. The van der Waals surface area contributed by atoms with Gasteiger partial charge in [0.15, 0.2) is 0 Å². The SMILES string of the molecule is CC1CCCCC1Oc1cccc(CCO)c1. The van der Waals surface area contributed by atoms with E-state index in [-0.39, 0.29) is 6.61 Å². The number of aliphatic hydroxyl groups excluding tert-OH is 1. The zero-order chi connectivity index (χ0) is 12.1. The number of benzene rings is 1. The first-order valence-corrected chi connectivity index (χ1v) is 6.66. The lowest BCUT2D eigenvalue weighted by Gasteiger charge is -2.29. The summed E-state index contributed by atoms with van der Waals surface area (Å²) in [5, 5.41) is 8.93. The Balaban J connectivity index is 1.99. The number of hydrogen-bond acceptors (Lipinski definition) is 2. The van der Waals surface area contributed by atoms with Gasteiger partial charge in [-0.25, -0.2) is 0 Å². The molecule has 1 N–H and O–H groups in total. The lowest BCUT2D eigenvalue weighted by atomic mass is 9.88. The Kier molecular flexibility index (Phi) is 4.43. The fourth-order valence-corrected chi connectivity index (χ4v) is 2.54. The van der Waals surface area contributed by atoms with Gasteiger partial charge in [0.05, 0.1) is 0 Å². The van der Waals surface area contributed by atoms with Crippen molar-refractivity contribution in [1.82, 2.24) is 0 Å². The third kappa shape index (κ3) is 3.47. The molecule has 0 saturated heterocycles. The van der Waals surface area contributed by atoms with Crippen molar-refractivity contribution in [2.45, 2.75) is 45.1 Å². The van der Waals surface area contributed by atoms with Crippen LogP contribution in [0.15, 0.2) is 24.3 Å². The highest BCUT2D eigenvalue weighted by molar-refractivity contribution is 5.28. The molecule has 2 atom stereocenters. The quantitative estimate of drug-likeness (QED) is 0.867. The average Bonchev–Trinajstić information content (AvgIpc) is 2.33. The van der Waals surface area contributed by atoms with E-state index in [1.54, 1.807) is 0 Å². The van der Waals surface area contributed by atoms with E-state index in [0.29, 0.717) is 18.4 Å². The van der Waals surface area contributed by atoms with E-state index in [2.05, 4.69) is 13.0 Å². The molecule has 0 aromatic heterocycles. The zero-order valence-electron chi connectivity index (χ0n) is 10.6. The Morgan fingerprint density at radius 1 is 1.29 bits per heavy atom. The monoisotopic (exact) mass is 234 g/mol. The molecular formula is C15H22O2. The Bertz CT molecular complexity index is 349. The fraction of sp³-hybridized carbons (Fsp3) is 0.600. The van der Waals surface area contributed by atoms with E-state index in [9.17, 15) is 0 Å². The third-order valence-electron chi connectivity index (χ3n) is 3.62. The van der Waals surface area contributed by atoms with E-state index >= 15 is 0 Å². The van der Waals surface area contributed by atoms with Gasteiger partial charge in [-0.2, -0.15) is 0 Å². The number of rotatable bonds is 4. The summed E-state index contributed by atoms with van der Waals surface area (Å²) in [5.41, 5.74) is 1.15. The van der Waals surface area contributed by atoms with Gasteiger partial charge in [-0.1, -0.05) is 25.5 Å². The second-order valence-electron chi connectivity index (χ2n) is 5.04. The average molecular weight is 234 g/mol. The Morgan fingerprint density at radius 3 is 2.88 bits per heavy atom. The maximum atomic E-state index is 8.93. The summed E-state index contributed by atoms with van der Waals surface area (Å²) in [5.74, 6) is 1.61. The van der Waals surface area contributed by atoms with Crippen molar-refractivity contribution in [2.75, 3.05) is 6.61 Å². The summed E-state index contributed by atoms with van der Waals surface area (Å²) in [6, 6.07) is 8.11. The second-order valence-corrected chi connectivity index (χ2v) is 5.04. The molecule has 94 valence electrons. The van der Waals surface area contributed by atoms with Crippen LogP contribution in [0.25, 0.3) is 0 Å². The van der Waals surface area contributed by atoms with Crippen molar-refractivity contribution in [2.24, 2.45) is 5.92 Å². The molecule has 17 heavy (non-hydrogen) atoms. The minimum absolute atomic E-state index is 0.198. The predicted octanol–water partition coefficient (Wildman–Crippen LogP) is 3.18. The summed E-state index contributed by atoms with van der Waals surface area (Å²) in [6.45, 7) is 2.48. The van der Waals surface area contributed by atoms with Crippen LogP contribution in [0.1, 0.15) is 38.2 Å². The first-order chi connectivity index (χ1) is 8.29. The molecule has 0 aliphatic heterocycles. The molecule has 2 rings (SSSR count). The number of ether oxygens (including phenoxy) is 1. The van der Waals surface area contributed by atoms with Crippen LogP contribution in [-0.4, -0.2) is 17.8 Å². The number of hydrogen-bond donors (Lipinski definition) is 1. The van der Waals surface area contributed by atoms with Gasteiger partial charge in [0, 0.05) is 6.61 Å². The van der Waals surface area contributed by atoms with E-state index in [4.69, 9.17) is 9.84 Å². The molecule has 1 saturated carbocycles. The van der Waals surface area contributed by atoms with Gasteiger partial charge in [-0.05, 0) is 49.3 Å². The van der Waals surface area contributed by atoms with Gasteiger partial charge in [0.1, 0.15) is 11.9 Å². The van der Waals surface area contributed by atoms with Crippen LogP contribution in [0.5, 0.6) is 5.75 Å². The van der Waals surface area contributed by atoms with Crippen molar-refractivity contribution >= 4 is 0 Å². The zero-order valence-corrected chi connectivity index (χ0v) is 10.6. The molecule has 1 fully saturated rings. The van der Waals surface area contributed by atoms with Gasteiger partial charge >= 0.3 is 0 Å². The first-order valence-electron chi connectivity index (χ1n) is 6.66. The van der Waals surface area contributed by atoms with E-state index in [1.807, 2.05) is 18.2 Å². The molecule has 1 aliphatic rings. The summed E-state index contributed by atoms with van der Waals surface area (Å²) in [4.78, 5) is 0. The van der Waals surface area contributed by atoms with Crippen LogP contribution in [-0.2, 0) is 6.42 Å². The van der Waals surface area contributed by atoms with Crippen LogP contribution in [0.2, 0.25) is 0 Å². The van der Waals surface area contributed by atoms with E-state index < -0.39 is 0 Å². The second kappa shape index (κ2) is 6.06. The molecule has 0 spiro atoms. The normalized spacial score (nSPS) is 24.6. The van der Waals surface area contributed by atoms with Gasteiger partial charge in [-0.15, -0.1) is 0 Å². The fourth-order valence-electron chi connectivity index (χ4n) is 2.54. The minimum Gasteiger partial charge on any atom is -0.490 e. The third-order valence-corrected chi connectivity index (χ3v) is 3.62. The molecule has 0 bridgehead atoms. The van der Waals surface area contributed by atoms with Crippen LogP contribution >= 0.6 is 0 Å². The maximum absolute atomic E-state index is 8.93. The van der Waals surface area contributed by atoms with Crippen molar-refractivity contribution in [3.63, 3.8) is 0 Å². The van der Waals surface area contributed by atoms with Gasteiger partial charge in [-0.3, -0.25) is 0 Å². The largest absolute Gasteiger partial charge is 0.490 e. The topological polar surface area (TPSA) is 29.5 Å². The molecule has 1 aromatic carbocycles. The van der Waals surface area contributed by atoms with Crippen LogP contribution in [0.3, 0.4) is 0 Å². The lowest BCUT2D eigenvalue weighted by Crippen LogP contribution is -2.28. The van der Waals surface area contributed by atoms with Gasteiger partial charge < -0.3 is 9.84 Å². The highest BCUT2D eigenvalue weighted by Crippen LogP contribution is 2.28. The van der Waals surface area contributed by atoms with E-state index in [1.165, 1.54) is 25.7 Å². The Hall–Kier alpha value is -1.02. The Morgan fingerprint density at radius 2 is 2.12 bits per heavy atom. The van der Waals surface area contributed by atoms with Crippen LogP contribution in [0, 0.1) is 5.92 Å². The van der Waals surface area contributed by atoms with Crippen molar-refractivity contribution in [3.05, 3.63) is 29.8 Å². The highest BCUT2D eigenvalue weighted by Gasteiger charge is 2.22. The molecular weight excluding hydrogens is 212 g/mol. The molecule has 1 aliphatic carbocycles. The molecule has 2 nitrogen and oxygen atoms in total. The first kappa shape index (κ1) is 12.4. The van der Waals surface area contributed by atoms with Crippen molar-refractivity contribution < 1.29 is 9.84 Å². The van der Waals surface area contributed by atoms with Crippen LogP contribution < -0.4 is 4.74 Å². The summed E-state index contributed by atoms with van der Waals surface area (Å²) < 4.78 is 6.07. The summed E-state index contributed by atoms with van der Waals surface area (Å²) in [7, 11) is 0. The van der Waals surface area contributed by atoms with E-state index in [0.717, 1.165) is 11.3 Å². The molecule has 2 unspecified atom stereocenters. The Labute approximate surface area is 104 Å². The molecule has 2 heteroatoms.